The van der Waals surface area contributed by atoms with Gasteiger partial charge in [-0.2, -0.15) is 0 Å². The summed E-state index contributed by atoms with van der Waals surface area (Å²) in [5.74, 6) is 2.26. The summed E-state index contributed by atoms with van der Waals surface area (Å²) in [6, 6.07) is 5.88. The zero-order valence-corrected chi connectivity index (χ0v) is 12.4. The van der Waals surface area contributed by atoms with Crippen LogP contribution in [0.1, 0.15) is 51.5 Å². The third-order valence-electron chi connectivity index (χ3n) is 6.40. The monoisotopic (exact) mass is 260 g/mol. The van der Waals surface area contributed by atoms with Crippen molar-refractivity contribution in [2.45, 2.75) is 46.0 Å². The molecule has 2 aliphatic carbocycles. The Labute approximate surface area is 115 Å². The Morgan fingerprint density at radius 3 is 2.53 bits per heavy atom. The number of fused-ring (bicyclic) bond motifs is 2. The number of phenolic OH excluding ortho intramolecular Hbond substituents is 1. The van der Waals surface area contributed by atoms with Crippen molar-refractivity contribution in [2.24, 2.45) is 16.7 Å². The molecule has 2 saturated carbocycles. The number of phenols is 1. The van der Waals surface area contributed by atoms with Crippen molar-refractivity contribution in [1.82, 2.24) is 0 Å². The molecule has 2 fully saturated rings. The SMILES string of the molecule is COc1cc([C@@H]2C[C@H]3CC[C@]2(C)C3(C)C)ccc1O. The molecule has 1 aromatic carbocycles. The minimum atomic E-state index is 0.235. The maximum absolute atomic E-state index is 9.75. The quantitative estimate of drug-likeness (QED) is 0.857. The molecule has 3 rings (SSSR count). The smallest absolute Gasteiger partial charge is 0.160 e. The lowest BCUT2D eigenvalue weighted by molar-refractivity contribution is 0.134. The Balaban J connectivity index is 2.01. The molecule has 2 heteroatoms. The van der Waals surface area contributed by atoms with Gasteiger partial charge in [-0.25, -0.2) is 0 Å². The summed E-state index contributed by atoms with van der Waals surface area (Å²) in [6.07, 6.45) is 3.96. The number of methoxy groups -OCH3 is 1. The van der Waals surface area contributed by atoms with Crippen molar-refractivity contribution in [3.8, 4) is 11.5 Å². The third-order valence-corrected chi connectivity index (χ3v) is 6.40. The minimum absolute atomic E-state index is 0.235. The highest BCUT2D eigenvalue weighted by molar-refractivity contribution is 5.44. The van der Waals surface area contributed by atoms with Gasteiger partial charge in [0.05, 0.1) is 7.11 Å². The van der Waals surface area contributed by atoms with Crippen molar-refractivity contribution >= 4 is 0 Å². The average Bonchev–Trinajstić information content (AvgIpc) is 2.72. The largest absolute Gasteiger partial charge is 0.504 e. The van der Waals surface area contributed by atoms with Crippen molar-refractivity contribution in [3.05, 3.63) is 23.8 Å². The van der Waals surface area contributed by atoms with Gasteiger partial charge in [-0.15, -0.1) is 0 Å². The molecule has 0 aliphatic heterocycles. The van der Waals surface area contributed by atoms with Gasteiger partial charge in [0.1, 0.15) is 0 Å². The summed E-state index contributed by atoms with van der Waals surface area (Å²) in [5.41, 5.74) is 2.12. The summed E-state index contributed by atoms with van der Waals surface area (Å²) in [4.78, 5) is 0. The molecular weight excluding hydrogens is 236 g/mol. The molecular formula is C17H24O2. The Morgan fingerprint density at radius 2 is 2.00 bits per heavy atom. The second-order valence-electron chi connectivity index (χ2n) is 7.09. The standard InChI is InChI=1S/C17H24O2/c1-16(2)12-7-8-17(16,3)13(10-12)11-5-6-14(18)15(9-11)19-4/h5-6,9,12-13,18H,7-8,10H2,1-4H3/t12-,13+,17+/m1/s1. The topological polar surface area (TPSA) is 29.5 Å². The van der Waals surface area contributed by atoms with Crippen molar-refractivity contribution < 1.29 is 9.84 Å². The third kappa shape index (κ3) is 1.55. The fraction of sp³-hybridized carbons (Fsp3) is 0.647. The molecule has 104 valence electrons. The van der Waals surface area contributed by atoms with Gasteiger partial charge in [-0.3, -0.25) is 0 Å². The second-order valence-corrected chi connectivity index (χ2v) is 7.09. The first-order valence-corrected chi connectivity index (χ1v) is 7.27. The molecule has 3 atom stereocenters. The van der Waals surface area contributed by atoms with E-state index in [1.165, 1.54) is 24.8 Å². The van der Waals surface area contributed by atoms with Crippen LogP contribution in [0.5, 0.6) is 11.5 Å². The molecule has 2 nitrogen and oxygen atoms in total. The Bertz CT molecular complexity index is 506. The van der Waals surface area contributed by atoms with Crippen LogP contribution >= 0.6 is 0 Å². The van der Waals surface area contributed by atoms with Gasteiger partial charge in [0, 0.05) is 0 Å². The predicted molar refractivity (Wildman–Crippen MR) is 76.6 cm³/mol. The van der Waals surface area contributed by atoms with E-state index in [0.717, 1.165) is 5.92 Å². The van der Waals surface area contributed by atoms with E-state index >= 15 is 0 Å². The highest BCUT2D eigenvalue weighted by Crippen LogP contribution is 2.71. The number of benzene rings is 1. The van der Waals surface area contributed by atoms with Crippen LogP contribution in [0, 0.1) is 16.7 Å². The average molecular weight is 260 g/mol. The molecule has 0 heterocycles. The molecule has 0 amide bonds. The van der Waals surface area contributed by atoms with Crippen LogP contribution in [0.25, 0.3) is 0 Å². The van der Waals surface area contributed by atoms with Crippen LogP contribution in [0.4, 0.5) is 0 Å². The molecule has 0 unspecified atom stereocenters. The Morgan fingerprint density at radius 1 is 1.26 bits per heavy atom. The first-order valence-electron chi connectivity index (χ1n) is 7.27. The van der Waals surface area contributed by atoms with Gasteiger partial charge < -0.3 is 9.84 Å². The van der Waals surface area contributed by atoms with Crippen molar-refractivity contribution in [3.63, 3.8) is 0 Å². The lowest BCUT2D eigenvalue weighted by Gasteiger charge is -2.39. The molecule has 0 spiro atoms. The zero-order chi connectivity index (χ0) is 13.8. The summed E-state index contributed by atoms with van der Waals surface area (Å²) >= 11 is 0. The van der Waals surface area contributed by atoms with Gasteiger partial charge in [-0.05, 0) is 59.6 Å². The van der Waals surface area contributed by atoms with Crippen LogP contribution in [-0.2, 0) is 0 Å². The lowest BCUT2D eigenvalue weighted by Crippen LogP contribution is -2.31. The van der Waals surface area contributed by atoms with Gasteiger partial charge in [0.2, 0.25) is 0 Å². The van der Waals surface area contributed by atoms with E-state index in [4.69, 9.17) is 4.74 Å². The number of rotatable bonds is 2. The first-order chi connectivity index (χ1) is 8.90. The number of ether oxygens (including phenoxy) is 1. The number of aromatic hydroxyl groups is 1. The highest BCUT2D eigenvalue weighted by atomic mass is 16.5. The van der Waals surface area contributed by atoms with Crippen LogP contribution in [0.2, 0.25) is 0 Å². The minimum Gasteiger partial charge on any atom is -0.504 e. The highest BCUT2D eigenvalue weighted by Gasteiger charge is 2.61. The van der Waals surface area contributed by atoms with Gasteiger partial charge in [0.25, 0.3) is 0 Å². The predicted octanol–water partition coefficient (Wildman–Crippen LogP) is 4.33. The molecule has 2 bridgehead atoms. The first kappa shape index (κ1) is 12.8. The molecule has 0 aromatic heterocycles. The molecule has 2 aliphatic rings. The zero-order valence-electron chi connectivity index (χ0n) is 12.4. The second kappa shape index (κ2) is 3.91. The van der Waals surface area contributed by atoms with E-state index in [-0.39, 0.29) is 5.75 Å². The fourth-order valence-electron chi connectivity index (χ4n) is 4.62. The van der Waals surface area contributed by atoms with Crippen LogP contribution in [-0.4, -0.2) is 12.2 Å². The number of hydrogen-bond donors (Lipinski definition) is 1. The summed E-state index contributed by atoms with van der Waals surface area (Å²) in [5, 5.41) is 9.75. The normalized spacial score (nSPS) is 35.6. The van der Waals surface area contributed by atoms with Crippen LogP contribution in [0.15, 0.2) is 18.2 Å². The molecule has 1 aromatic rings. The van der Waals surface area contributed by atoms with Gasteiger partial charge in [0.15, 0.2) is 11.5 Å². The lowest BCUT2D eigenvalue weighted by atomic mass is 9.65. The molecule has 0 radical (unpaired) electrons. The van der Waals surface area contributed by atoms with Crippen molar-refractivity contribution in [1.29, 1.82) is 0 Å². The van der Waals surface area contributed by atoms with Crippen molar-refractivity contribution in [2.75, 3.05) is 7.11 Å². The summed E-state index contributed by atoms with van der Waals surface area (Å²) in [6.45, 7) is 7.31. The maximum atomic E-state index is 9.75. The van der Waals surface area contributed by atoms with Crippen LogP contribution in [0.3, 0.4) is 0 Å². The fourth-order valence-corrected chi connectivity index (χ4v) is 4.62. The van der Waals surface area contributed by atoms with E-state index in [1.807, 2.05) is 6.07 Å². The molecule has 0 saturated heterocycles. The molecule has 19 heavy (non-hydrogen) atoms. The van der Waals surface area contributed by atoms with E-state index in [2.05, 4.69) is 26.8 Å². The molecule has 1 N–H and O–H groups in total. The van der Waals surface area contributed by atoms with E-state index in [0.29, 0.717) is 22.5 Å². The Hall–Kier alpha value is -1.18. The number of hydrogen-bond acceptors (Lipinski definition) is 2. The Kier molecular flexibility index (Phi) is 2.64. The van der Waals surface area contributed by atoms with Crippen LogP contribution < -0.4 is 4.74 Å². The van der Waals surface area contributed by atoms with E-state index in [9.17, 15) is 5.11 Å². The summed E-state index contributed by atoms with van der Waals surface area (Å²) < 4.78 is 5.26. The van der Waals surface area contributed by atoms with E-state index < -0.39 is 0 Å². The van der Waals surface area contributed by atoms with Gasteiger partial charge in [-0.1, -0.05) is 26.8 Å². The summed E-state index contributed by atoms with van der Waals surface area (Å²) in [7, 11) is 1.62. The van der Waals surface area contributed by atoms with Gasteiger partial charge >= 0.3 is 0 Å². The van der Waals surface area contributed by atoms with E-state index in [1.54, 1.807) is 13.2 Å². The maximum Gasteiger partial charge on any atom is 0.160 e.